The van der Waals surface area contributed by atoms with Crippen LogP contribution in [0, 0.1) is 6.92 Å². The number of nitrogens with zero attached hydrogens (tertiary/aromatic N) is 3. The number of rotatable bonds is 3. The number of nitrogens with one attached hydrogen (secondary N) is 1. The van der Waals surface area contributed by atoms with Crippen molar-refractivity contribution in [3.05, 3.63) is 46.4 Å². The molecule has 3 rings (SSSR count). The number of aryl methyl sites for hydroxylation is 1. The van der Waals surface area contributed by atoms with Crippen LogP contribution in [0.25, 0.3) is 17.2 Å². The Kier molecular flexibility index (Phi) is 2.98. The van der Waals surface area contributed by atoms with Crippen molar-refractivity contribution in [2.45, 2.75) is 13.8 Å². The fourth-order valence-corrected chi connectivity index (χ4v) is 2.09. The van der Waals surface area contributed by atoms with E-state index in [4.69, 9.17) is 4.74 Å². The zero-order valence-electron chi connectivity index (χ0n) is 11.3. The lowest BCUT2D eigenvalue weighted by molar-refractivity contribution is 0.340. The van der Waals surface area contributed by atoms with Crippen molar-refractivity contribution in [3.63, 3.8) is 0 Å². The monoisotopic (exact) mass is 270 g/mol. The van der Waals surface area contributed by atoms with Gasteiger partial charge in [-0.3, -0.25) is 4.79 Å². The van der Waals surface area contributed by atoms with Crippen LogP contribution in [0.3, 0.4) is 0 Å². The first-order valence-corrected chi connectivity index (χ1v) is 6.37. The quantitative estimate of drug-likeness (QED) is 0.787. The molecule has 0 saturated carbocycles. The van der Waals surface area contributed by atoms with Crippen molar-refractivity contribution in [2.75, 3.05) is 6.61 Å². The summed E-state index contributed by atoms with van der Waals surface area (Å²) in [6, 6.07) is 8.93. The van der Waals surface area contributed by atoms with Gasteiger partial charge in [0.25, 0.3) is 5.56 Å². The zero-order chi connectivity index (χ0) is 14.1. The molecule has 1 N–H and O–H groups in total. The summed E-state index contributed by atoms with van der Waals surface area (Å²) in [6.07, 6.45) is 0. The minimum atomic E-state index is -0.148. The molecule has 3 aromatic rings. The fraction of sp³-hybridized carbons (Fsp3) is 0.214. The van der Waals surface area contributed by atoms with E-state index in [1.807, 2.05) is 31.2 Å². The molecule has 0 saturated heterocycles. The van der Waals surface area contributed by atoms with E-state index >= 15 is 0 Å². The van der Waals surface area contributed by atoms with Gasteiger partial charge in [-0.05, 0) is 38.1 Å². The van der Waals surface area contributed by atoms with E-state index in [2.05, 4.69) is 15.2 Å². The third-order valence-electron chi connectivity index (χ3n) is 2.94. The normalized spacial score (nSPS) is 10.9. The van der Waals surface area contributed by atoms with Gasteiger partial charge in [-0.2, -0.15) is 5.10 Å². The van der Waals surface area contributed by atoms with E-state index in [0.717, 1.165) is 11.3 Å². The maximum Gasteiger partial charge on any atom is 0.261 e. The smallest absolute Gasteiger partial charge is 0.261 e. The molecule has 2 heterocycles. The number of ether oxygens (including phenoxy) is 1. The molecular weight excluding hydrogens is 256 g/mol. The fourth-order valence-electron chi connectivity index (χ4n) is 2.09. The Morgan fingerprint density at radius 2 is 2.05 bits per heavy atom. The van der Waals surface area contributed by atoms with Gasteiger partial charge in [-0.25, -0.2) is 14.5 Å². The van der Waals surface area contributed by atoms with Crippen LogP contribution in [0.4, 0.5) is 0 Å². The van der Waals surface area contributed by atoms with Gasteiger partial charge in [-0.15, -0.1) is 0 Å². The second kappa shape index (κ2) is 4.80. The highest BCUT2D eigenvalue weighted by molar-refractivity contribution is 5.59. The number of hydrogen-bond donors (Lipinski definition) is 1. The van der Waals surface area contributed by atoms with Crippen molar-refractivity contribution in [3.8, 4) is 17.1 Å². The van der Waals surface area contributed by atoms with E-state index in [0.29, 0.717) is 23.9 Å². The lowest BCUT2D eigenvalue weighted by Gasteiger charge is -2.03. The van der Waals surface area contributed by atoms with Crippen molar-refractivity contribution in [2.24, 2.45) is 0 Å². The summed E-state index contributed by atoms with van der Waals surface area (Å²) in [5, 5.41) is 6.96. The molecule has 0 aliphatic carbocycles. The number of fused-ring (bicyclic) bond motifs is 1. The molecular formula is C14H14N4O2. The molecule has 0 amide bonds. The van der Waals surface area contributed by atoms with Crippen molar-refractivity contribution < 1.29 is 4.74 Å². The Balaban J connectivity index is 2.12. The molecule has 0 aliphatic rings. The van der Waals surface area contributed by atoms with E-state index < -0.39 is 0 Å². The van der Waals surface area contributed by atoms with E-state index in [1.165, 1.54) is 10.5 Å². The standard InChI is InChI=1S/C14H14N4O2/c1-3-20-11-6-4-10(5-7-11)13-16-17-14-15-9(2)8-12(19)18(13)14/h4-8H,3H2,1-2H3,(H,15,17). The summed E-state index contributed by atoms with van der Waals surface area (Å²) in [7, 11) is 0. The van der Waals surface area contributed by atoms with Gasteiger partial charge >= 0.3 is 0 Å². The molecule has 0 aliphatic heterocycles. The average molecular weight is 270 g/mol. The highest BCUT2D eigenvalue weighted by Gasteiger charge is 2.11. The van der Waals surface area contributed by atoms with Gasteiger partial charge in [0, 0.05) is 17.3 Å². The number of aromatic amines is 1. The largest absolute Gasteiger partial charge is 0.494 e. The number of hydrogen-bond acceptors (Lipinski definition) is 4. The van der Waals surface area contributed by atoms with Crippen molar-refractivity contribution in [1.29, 1.82) is 0 Å². The first kappa shape index (κ1) is 12.4. The molecule has 6 nitrogen and oxygen atoms in total. The summed E-state index contributed by atoms with van der Waals surface area (Å²) >= 11 is 0. The highest BCUT2D eigenvalue weighted by atomic mass is 16.5. The predicted octanol–water partition coefficient (Wildman–Crippen LogP) is 1.79. The molecule has 0 bridgehead atoms. The van der Waals surface area contributed by atoms with Gasteiger partial charge < -0.3 is 4.74 Å². The van der Waals surface area contributed by atoms with Gasteiger partial charge in [-0.1, -0.05) is 0 Å². The van der Waals surface area contributed by atoms with Crippen LogP contribution >= 0.6 is 0 Å². The van der Waals surface area contributed by atoms with Crippen molar-refractivity contribution >= 4 is 5.78 Å². The summed E-state index contributed by atoms with van der Waals surface area (Å²) < 4.78 is 6.86. The molecule has 0 fully saturated rings. The van der Waals surface area contributed by atoms with Gasteiger partial charge in [0.05, 0.1) is 6.61 Å². The second-order valence-corrected chi connectivity index (χ2v) is 4.40. The first-order valence-electron chi connectivity index (χ1n) is 6.37. The molecule has 6 heteroatoms. The van der Waals surface area contributed by atoms with Crippen LogP contribution in [-0.2, 0) is 0 Å². The third-order valence-corrected chi connectivity index (χ3v) is 2.94. The van der Waals surface area contributed by atoms with Crippen LogP contribution in [-0.4, -0.2) is 26.2 Å². The Hall–Kier alpha value is -2.63. The SMILES string of the molecule is CCOc1ccc(-c2n[nH]c3nc(C)cc(=O)n23)cc1. The molecule has 0 atom stereocenters. The first-order chi connectivity index (χ1) is 9.69. The molecule has 2 aromatic heterocycles. The van der Waals surface area contributed by atoms with Crippen LogP contribution < -0.4 is 10.3 Å². The molecule has 102 valence electrons. The average Bonchev–Trinajstić information content (AvgIpc) is 2.84. The number of H-pyrrole nitrogens is 1. The zero-order valence-corrected chi connectivity index (χ0v) is 11.3. The molecule has 0 unspecified atom stereocenters. The Morgan fingerprint density at radius 1 is 1.30 bits per heavy atom. The Morgan fingerprint density at radius 3 is 2.75 bits per heavy atom. The minimum absolute atomic E-state index is 0.148. The lowest BCUT2D eigenvalue weighted by atomic mass is 10.2. The topological polar surface area (TPSA) is 72.3 Å². The summed E-state index contributed by atoms with van der Waals surface area (Å²) in [5.41, 5.74) is 1.34. The van der Waals surface area contributed by atoms with Gasteiger partial charge in [0.15, 0.2) is 5.82 Å². The molecule has 0 radical (unpaired) electrons. The Bertz CT molecular complexity index is 802. The van der Waals surface area contributed by atoms with Crippen LogP contribution in [0.2, 0.25) is 0 Å². The Labute approximate surface area is 115 Å². The van der Waals surface area contributed by atoms with Gasteiger partial charge in [0.1, 0.15) is 5.75 Å². The number of benzene rings is 1. The van der Waals surface area contributed by atoms with E-state index in [1.54, 1.807) is 6.92 Å². The number of aromatic nitrogens is 4. The predicted molar refractivity (Wildman–Crippen MR) is 74.9 cm³/mol. The van der Waals surface area contributed by atoms with Crippen LogP contribution in [0.1, 0.15) is 12.6 Å². The van der Waals surface area contributed by atoms with Crippen LogP contribution in [0.5, 0.6) is 5.75 Å². The van der Waals surface area contributed by atoms with Gasteiger partial charge in [0.2, 0.25) is 5.78 Å². The van der Waals surface area contributed by atoms with E-state index in [-0.39, 0.29) is 5.56 Å². The maximum atomic E-state index is 12.1. The molecule has 1 aromatic carbocycles. The van der Waals surface area contributed by atoms with Crippen molar-refractivity contribution in [1.82, 2.24) is 19.6 Å². The van der Waals surface area contributed by atoms with Crippen LogP contribution in [0.15, 0.2) is 35.1 Å². The summed E-state index contributed by atoms with van der Waals surface area (Å²) in [5.74, 6) is 1.77. The van der Waals surface area contributed by atoms with E-state index in [9.17, 15) is 4.79 Å². The molecule has 0 spiro atoms. The highest BCUT2D eigenvalue weighted by Crippen LogP contribution is 2.20. The third kappa shape index (κ3) is 2.05. The summed E-state index contributed by atoms with van der Waals surface area (Å²) in [4.78, 5) is 16.3. The summed E-state index contributed by atoms with van der Waals surface area (Å²) in [6.45, 7) is 4.33. The second-order valence-electron chi connectivity index (χ2n) is 4.40. The maximum absolute atomic E-state index is 12.1. The minimum Gasteiger partial charge on any atom is -0.494 e. The lowest BCUT2D eigenvalue weighted by Crippen LogP contribution is -2.14. The molecule has 20 heavy (non-hydrogen) atoms.